The second kappa shape index (κ2) is 13.2. The lowest BCUT2D eigenvalue weighted by Gasteiger charge is -2.37. The maximum absolute atomic E-state index is 12.2. The minimum Gasteiger partial charge on any atom is -0.368 e. The molecule has 0 aromatic heterocycles. The Morgan fingerprint density at radius 3 is 2.39 bits per heavy atom. The first-order chi connectivity index (χ1) is 14.7. The molecule has 3 rings (SSSR count). The van der Waals surface area contributed by atoms with Crippen molar-refractivity contribution in [2.24, 2.45) is 4.99 Å². The van der Waals surface area contributed by atoms with Crippen LogP contribution in [-0.2, 0) is 6.54 Å². The van der Waals surface area contributed by atoms with Gasteiger partial charge in [0.25, 0.3) is 5.91 Å². The number of rotatable bonds is 7. The molecule has 0 unspecified atom stereocenters. The van der Waals surface area contributed by atoms with Crippen LogP contribution < -0.4 is 15.5 Å². The maximum Gasteiger partial charge on any atom is 0.251 e. The van der Waals surface area contributed by atoms with E-state index in [0.717, 1.165) is 50.7 Å². The van der Waals surface area contributed by atoms with E-state index in [1.54, 1.807) is 0 Å². The van der Waals surface area contributed by atoms with Crippen molar-refractivity contribution < 1.29 is 4.79 Å². The summed E-state index contributed by atoms with van der Waals surface area (Å²) in [5.41, 5.74) is 3.01. The van der Waals surface area contributed by atoms with Crippen molar-refractivity contribution in [3.8, 4) is 0 Å². The summed E-state index contributed by atoms with van der Waals surface area (Å²) in [6, 6.07) is 18.3. The molecule has 0 saturated carbocycles. The number of hydrogen-bond acceptors (Lipinski definition) is 3. The number of carbonyl (C=O) groups excluding carboxylic acids is 1. The van der Waals surface area contributed by atoms with Gasteiger partial charge in [0, 0.05) is 50.5 Å². The van der Waals surface area contributed by atoms with Crippen LogP contribution in [0.2, 0.25) is 0 Å². The van der Waals surface area contributed by atoms with Gasteiger partial charge >= 0.3 is 0 Å². The average Bonchev–Trinajstić information content (AvgIpc) is 2.81. The van der Waals surface area contributed by atoms with Crippen molar-refractivity contribution in [3.63, 3.8) is 0 Å². The second-order valence-electron chi connectivity index (χ2n) is 7.44. The molecule has 2 aromatic carbocycles. The van der Waals surface area contributed by atoms with Crippen molar-refractivity contribution in [3.05, 3.63) is 65.7 Å². The van der Waals surface area contributed by atoms with Gasteiger partial charge in [-0.2, -0.15) is 0 Å². The van der Waals surface area contributed by atoms with Gasteiger partial charge in [-0.1, -0.05) is 37.3 Å². The van der Waals surface area contributed by atoms with E-state index in [4.69, 9.17) is 4.99 Å². The Morgan fingerprint density at radius 2 is 1.71 bits per heavy atom. The van der Waals surface area contributed by atoms with Crippen LogP contribution in [0.4, 0.5) is 5.69 Å². The van der Waals surface area contributed by atoms with Crippen LogP contribution in [0.5, 0.6) is 0 Å². The highest BCUT2D eigenvalue weighted by Gasteiger charge is 2.19. The highest BCUT2D eigenvalue weighted by atomic mass is 127. The Morgan fingerprint density at radius 1 is 0.968 bits per heavy atom. The first kappa shape index (κ1) is 25.0. The molecule has 2 N–H and O–H groups in total. The van der Waals surface area contributed by atoms with E-state index in [2.05, 4.69) is 57.7 Å². The lowest BCUT2D eigenvalue weighted by molar-refractivity contribution is 0.0953. The van der Waals surface area contributed by atoms with Crippen LogP contribution in [0.25, 0.3) is 0 Å². The number of hydrogen-bond donors (Lipinski definition) is 2. The number of anilines is 1. The van der Waals surface area contributed by atoms with Crippen LogP contribution >= 0.6 is 24.0 Å². The molecule has 0 atom stereocenters. The highest BCUT2D eigenvalue weighted by Crippen LogP contribution is 2.16. The molecule has 0 aliphatic carbocycles. The van der Waals surface area contributed by atoms with Gasteiger partial charge in [0.2, 0.25) is 0 Å². The monoisotopic (exact) mass is 535 g/mol. The Labute approximate surface area is 203 Å². The zero-order chi connectivity index (χ0) is 21.2. The number of nitrogens with zero attached hydrogens (tertiary/aromatic N) is 3. The predicted octanol–water partition coefficient (Wildman–Crippen LogP) is 3.73. The Balaban J connectivity index is 0.00000341. The van der Waals surface area contributed by atoms with E-state index in [-0.39, 0.29) is 29.9 Å². The zero-order valence-electron chi connectivity index (χ0n) is 18.5. The molecule has 2 aromatic rings. The molecule has 1 aliphatic rings. The summed E-state index contributed by atoms with van der Waals surface area (Å²) in [5, 5.41) is 6.35. The first-order valence-electron chi connectivity index (χ1n) is 10.9. The van der Waals surface area contributed by atoms with E-state index < -0.39 is 0 Å². The van der Waals surface area contributed by atoms with Gasteiger partial charge in [0.1, 0.15) is 0 Å². The summed E-state index contributed by atoms with van der Waals surface area (Å²) >= 11 is 0. The molecule has 1 heterocycles. The minimum absolute atomic E-state index is 0. The Bertz CT molecular complexity index is 835. The molecule has 31 heavy (non-hydrogen) atoms. The number of para-hydroxylation sites is 1. The third-order valence-corrected chi connectivity index (χ3v) is 5.17. The van der Waals surface area contributed by atoms with E-state index in [9.17, 15) is 4.79 Å². The van der Waals surface area contributed by atoms with Gasteiger partial charge in [-0.15, -0.1) is 24.0 Å². The lowest BCUT2D eigenvalue weighted by atomic mass is 10.1. The normalized spacial score (nSPS) is 14.1. The van der Waals surface area contributed by atoms with Crippen molar-refractivity contribution in [1.82, 2.24) is 15.5 Å². The van der Waals surface area contributed by atoms with E-state index in [0.29, 0.717) is 18.7 Å². The fourth-order valence-corrected chi connectivity index (χ4v) is 3.56. The van der Waals surface area contributed by atoms with Gasteiger partial charge in [-0.25, -0.2) is 4.99 Å². The third kappa shape index (κ3) is 7.41. The van der Waals surface area contributed by atoms with E-state index in [1.165, 1.54) is 5.69 Å². The first-order valence-corrected chi connectivity index (χ1v) is 10.9. The summed E-state index contributed by atoms with van der Waals surface area (Å²) in [6.45, 7) is 10.0. The van der Waals surface area contributed by atoms with Gasteiger partial charge in [-0.3, -0.25) is 4.79 Å². The summed E-state index contributed by atoms with van der Waals surface area (Å²) in [7, 11) is 0. The smallest absolute Gasteiger partial charge is 0.251 e. The Kier molecular flexibility index (Phi) is 10.6. The van der Waals surface area contributed by atoms with Crippen LogP contribution in [-0.4, -0.2) is 56.0 Å². The van der Waals surface area contributed by atoms with Crippen LogP contribution in [0, 0.1) is 0 Å². The molecule has 1 aliphatic heterocycles. The third-order valence-electron chi connectivity index (χ3n) is 5.17. The van der Waals surface area contributed by atoms with Crippen LogP contribution in [0.15, 0.2) is 59.6 Å². The number of carbonyl (C=O) groups is 1. The SMILES string of the molecule is CCCNC(=O)c1cccc(CN=C(NCC)N2CCN(c3ccccc3)CC2)c1.I. The molecular formula is C24H34IN5O. The molecule has 0 radical (unpaired) electrons. The number of halogens is 1. The molecule has 168 valence electrons. The standard InChI is InChI=1S/C24H33N5O.HI/c1-3-13-26-23(30)21-10-8-9-20(18-21)19-27-24(25-4-2)29-16-14-28(15-17-29)22-11-6-5-7-12-22;/h5-12,18H,3-4,13-17,19H2,1-2H3,(H,25,27)(H,26,30);1H. The molecule has 7 heteroatoms. The van der Waals surface area contributed by atoms with Crippen molar-refractivity contribution >= 4 is 41.5 Å². The number of aliphatic imine (C=N–C) groups is 1. The van der Waals surface area contributed by atoms with Gasteiger partial charge in [0.05, 0.1) is 6.54 Å². The lowest BCUT2D eigenvalue weighted by Crippen LogP contribution is -2.52. The van der Waals surface area contributed by atoms with Crippen molar-refractivity contribution in [2.45, 2.75) is 26.8 Å². The summed E-state index contributed by atoms with van der Waals surface area (Å²) < 4.78 is 0. The molecule has 1 fully saturated rings. The number of benzene rings is 2. The maximum atomic E-state index is 12.2. The molecular weight excluding hydrogens is 501 g/mol. The summed E-state index contributed by atoms with van der Waals surface area (Å²) in [5.74, 6) is 0.915. The number of nitrogens with one attached hydrogen (secondary N) is 2. The molecule has 0 spiro atoms. The summed E-state index contributed by atoms with van der Waals surface area (Å²) in [6.07, 6.45) is 0.930. The fourth-order valence-electron chi connectivity index (χ4n) is 3.56. The van der Waals surface area contributed by atoms with Crippen LogP contribution in [0.1, 0.15) is 36.2 Å². The quantitative estimate of drug-likeness (QED) is 0.323. The number of piperazine rings is 1. The second-order valence-corrected chi connectivity index (χ2v) is 7.44. The topological polar surface area (TPSA) is 60.0 Å². The van der Waals surface area contributed by atoms with Gasteiger partial charge < -0.3 is 20.4 Å². The molecule has 1 saturated heterocycles. The zero-order valence-corrected chi connectivity index (χ0v) is 20.8. The van der Waals surface area contributed by atoms with Gasteiger partial charge in [-0.05, 0) is 43.2 Å². The van der Waals surface area contributed by atoms with E-state index in [1.807, 2.05) is 31.2 Å². The van der Waals surface area contributed by atoms with Crippen molar-refractivity contribution in [2.75, 3.05) is 44.2 Å². The van der Waals surface area contributed by atoms with Crippen molar-refractivity contribution in [1.29, 1.82) is 0 Å². The Hall–Kier alpha value is -2.29. The van der Waals surface area contributed by atoms with Gasteiger partial charge in [0.15, 0.2) is 5.96 Å². The van der Waals surface area contributed by atoms with Crippen LogP contribution in [0.3, 0.4) is 0 Å². The molecule has 1 amide bonds. The van der Waals surface area contributed by atoms with E-state index >= 15 is 0 Å². The largest absolute Gasteiger partial charge is 0.368 e. The fraction of sp³-hybridized carbons (Fsp3) is 0.417. The number of guanidine groups is 1. The molecule has 0 bridgehead atoms. The average molecular weight is 535 g/mol. The molecule has 6 nitrogen and oxygen atoms in total. The minimum atomic E-state index is -0.0216. The highest BCUT2D eigenvalue weighted by molar-refractivity contribution is 14.0. The number of amides is 1. The predicted molar refractivity (Wildman–Crippen MR) is 140 cm³/mol. The summed E-state index contributed by atoms with van der Waals surface area (Å²) in [4.78, 5) is 21.8.